The van der Waals surface area contributed by atoms with Gasteiger partial charge in [-0.1, -0.05) is 23.8 Å². The van der Waals surface area contributed by atoms with Crippen LogP contribution < -0.4 is 0 Å². The molecule has 0 fully saturated rings. The van der Waals surface area contributed by atoms with Crippen LogP contribution in [0.5, 0.6) is 0 Å². The average molecular weight is 258 g/mol. The predicted octanol–water partition coefficient (Wildman–Crippen LogP) is 4.14. The van der Waals surface area contributed by atoms with Gasteiger partial charge in [0.2, 0.25) is 0 Å². The zero-order valence-corrected chi connectivity index (χ0v) is 11.8. The normalized spacial score (nSPS) is 12.5. The first-order chi connectivity index (χ1) is 8.90. The van der Waals surface area contributed by atoms with E-state index < -0.39 is 6.10 Å². The van der Waals surface area contributed by atoms with E-state index in [2.05, 4.69) is 0 Å². The van der Waals surface area contributed by atoms with Crippen LogP contribution in [-0.4, -0.2) is 5.11 Å². The number of hydrogen-bond donors (Lipinski definition) is 1. The monoisotopic (exact) mass is 258 g/mol. The molecule has 0 heterocycles. The van der Waals surface area contributed by atoms with Crippen molar-refractivity contribution in [1.82, 2.24) is 0 Å². The minimum absolute atomic E-state index is 0.318. The minimum Gasteiger partial charge on any atom is -0.384 e. The molecule has 100 valence electrons. The molecule has 0 bridgehead atoms. The van der Waals surface area contributed by atoms with Gasteiger partial charge in [-0.05, 0) is 67.6 Å². The summed E-state index contributed by atoms with van der Waals surface area (Å²) in [6, 6.07) is 8.62. The van der Waals surface area contributed by atoms with E-state index in [-0.39, 0.29) is 5.82 Å². The van der Waals surface area contributed by atoms with E-state index >= 15 is 0 Å². The van der Waals surface area contributed by atoms with Crippen molar-refractivity contribution in [3.05, 3.63) is 69.5 Å². The van der Waals surface area contributed by atoms with Gasteiger partial charge in [0.1, 0.15) is 11.9 Å². The van der Waals surface area contributed by atoms with Crippen LogP contribution in [0.3, 0.4) is 0 Å². The van der Waals surface area contributed by atoms with Gasteiger partial charge in [0, 0.05) is 0 Å². The maximum Gasteiger partial charge on any atom is 0.123 e. The SMILES string of the molecule is Cc1cc(C)c(C(O)c2cc(F)ccc2C)c(C)c1. The van der Waals surface area contributed by atoms with E-state index in [1.54, 1.807) is 6.07 Å². The van der Waals surface area contributed by atoms with Crippen molar-refractivity contribution in [2.45, 2.75) is 33.8 Å². The van der Waals surface area contributed by atoms with Crippen LogP contribution in [0.2, 0.25) is 0 Å². The van der Waals surface area contributed by atoms with Gasteiger partial charge in [0.05, 0.1) is 0 Å². The summed E-state index contributed by atoms with van der Waals surface area (Å²) in [6.07, 6.45) is -0.781. The van der Waals surface area contributed by atoms with Crippen LogP contribution in [0.25, 0.3) is 0 Å². The molecule has 2 aromatic rings. The largest absolute Gasteiger partial charge is 0.384 e. The summed E-state index contributed by atoms with van der Waals surface area (Å²) < 4.78 is 13.4. The van der Waals surface area contributed by atoms with Crippen molar-refractivity contribution < 1.29 is 9.50 Å². The number of aliphatic hydroxyl groups is 1. The predicted molar refractivity (Wildman–Crippen MR) is 75.9 cm³/mol. The van der Waals surface area contributed by atoms with E-state index in [0.717, 1.165) is 22.3 Å². The molecule has 2 aromatic carbocycles. The van der Waals surface area contributed by atoms with Gasteiger partial charge in [-0.25, -0.2) is 4.39 Å². The van der Waals surface area contributed by atoms with Crippen molar-refractivity contribution in [2.24, 2.45) is 0 Å². The molecule has 0 aliphatic carbocycles. The first kappa shape index (κ1) is 13.8. The Morgan fingerprint density at radius 2 is 1.47 bits per heavy atom. The van der Waals surface area contributed by atoms with Gasteiger partial charge in [-0.2, -0.15) is 0 Å². The summed E-state index contributed by atoms with van der Waals surface area (Å²) in [7, 11) is 0. The second-order valence-corrected chi connectivity index (χ2v) is 5.22. The second-order valence-electron chi connectivity index (χ2n) is 5.22. The summed E-state index contributed by atoms with van der Waals surface area (Å²) in [5, 5.41) is 10.6. The standard InChI is InChI=1S/C17H19FO/c1-10-7-12(3)16(13(4)8-10)17(19)15-9-14(18)6-5-11(15)2/h5-9,17,19H,1-4H3. The second kappa shape index (κ2) is 5.14. The maximum absolute atomic E-state index is 13.4. The molecule has 0 saturated heterocycles. The number of rotatable bonds is 2. The zero-order chi connectivity index (χ0) is 14.2. The topological polar surface area (TPSA) is 20.2 Å². The van der Waals surface area contributed by atoms with Crippen molar-refractivity contribution in [1.29, 1.82) is 0 Å². The molecule has 0 amide bonds. The number of aryl methyl sites for hydroxylation is 4. The molecule has 0 aliphatic rings. The Morgan fingerprint density at radius 1 is 0.895 bits per heavy atom. The first-order valence-electron chi connectivity index (χ1n) is 6.42. The van der Waals surface area contributed by atoms with E-state index in [4.69, 9.17) is 0 Å². The molecular weight excluding hydrogens is 239 g/mol. The van der Waals surface area contributed by atoms with Crippen LogP contribution >= 0.6 is 0 Å². The Hall–Kier alpha value is -1.67. The zero-order valence-electron chi connectivity index (χ0n) is 11.8. The highest BCUT2D eigenvalue weighted by Gasteiger charge is 2.18. The fraction of sp³-hybridized carbons (Fsp3) is 0.294. The molecule has 2 heteroatoms. The maximum atomic E-state index is 13.4. The Morgan fingerprint density at radius 3 is 2.05 bits per heavy atom. The summed E-state index contributed by atoms with van der Waals surface area (Å²) in [4.78, 5) is 0. The number of aliphatic hydroxyl groups excluding tert-OH is 1. The molecule has 0 aliphatic heterocycles. The van der Waals surface area contributed by atoms with Gasteiger partial charge >= 0.3 is 0 Å². The van der Waals surface area contributed by atoms with Crippen molar-refractivity contribution in [3.63, 3.8) is 0 Å². The molecule has 1 N–H and O–H groups in total. The van der Waals surface area contributed by atoms with E-state index in [1.807, 2.05) is 39.8 Å². The fourth-order valence-electron chi connectivity index (χ4n) is 2.68. The Kier molecular flexibility index (Phi) is 3.72. The van der Waals surface area contributed by atoms with Gasteiger partial charge < -0.3 is 5.11 Å². The van der Waals surface area contributed by atoms with Crippen LogP contribution in [0.1, 0.15) is 39.5 Å². The number of halogens is 1. The fourth-order valence-corrected chi connectivity index (χ4v) is 2.68. The number of hydrogen-bond acceptors (Lipinski definition) is 1. The summed E-state index contributed by atoms with van der Waals surface area (Å²) in [5.41, 5.74) is 5.65. The van der Waals surface area contributed by atoms with Gasteiger partial charge in [-0.15, -0.1) is 0 Å². The third kappa shape index (κ3) is 2.69. The lowest BCUT2D eigenvalue weighted by molar-refractivity contribution is 0.217. The Balaban J connectivity index is 2.56. The smallest absolute Gasteiger partial charge is 0.123 e. The summed E-state index contributed by atoms with van der Waals surface area (Å²) >= 11 is 0. The molecule has 0 spiro atoms. The molecule has 0 aromatic heterocycles. The first-order valence-corrected chi connectivity index (χ1v) is 6.42. The third-order valence-corrected chi connectivity index (χ3v) is 3.55. The molecule has 19 heavy (non-hydrogen) atoms. The van der Waals surface area contributed by atoms with Crippen molar-refractivity contribution in [2.75, 3.05) is 0 Å². The van der Waals surface area contributed by atoms with E-state index in [9.17, 15) is 9.50 Å². The van der Waals surface area contributed by atoms with E-state index in [1.165, 1.54) is 17.7 Å². The summed E-state index contributed by atoms with van der Waals surface area (Å²) in [6.45, 7) is 7.88. The van der Waals surface area contributed by atoms with Crippen LogP contribution in [0.4, 0.5) is 4.39 Å². The highest BCUT2D eigenvalue weighted by atomic mass is 19.1. The van der Waals surface area contributed by atoms with Crippen molar-refractivity contribution >= 4 is 0 Å². The molecule has 1 atom stereocenters. The molecule has 0 radical (unpaired) electrons. The highest BCUT2D eigenvalue weighted by molar-refractivity contribution is 5.44. The highest BCUT2D eigenvalue weighted by Crippen LogP contribution is 2.30. The Bertz CT molecular complexity index is 594. The Labute approximate surface area is 113 Å². The molecular formula is C17H19FO. The van der Waals surface area contributed by atoms with Crippen molar-refractivity contribution in [3.8, 4) is 0 Å². The number of benzene rings is 2. The summed E-state index contributed by atoms with van der Waals surface area (Å²) in [5.74, 6) is -0.318. The van der Waals surface area contributed by atoms with Crippen LogP contribution in [0, 0.1) is 33.5 Å². The molecule has 1 nitrogen and oxygen atoms in total. The lowest BCUT2D eigenvalue weighted by Crippen LogP contribution is -2.07. The van der Waals surface area contributed by atoms with E-state index in [0.29, 0.717) is 5.56 Å². The third-order valence-electron chi connectivity index (χ3n) is 3.55. The van der Waals surface area contributed by atoms with Crippen LogP contribution in [0.15, 0.2) is 30.3 Å². The average Bonchev–Trinajstić information content (AvgIpc) is 2.30. The molecule has 1 unspecified atom stereocenters. The van der Waals surface area contributed by atoms with Gasteiger partial charge in [0.15, 0.2) is 0 Å². The quantitative estimate of drug-likeness (QED) is 0.858. The lowest BCUT2D eigenvalue weighted by Gasteiger charge is -2.19. The van der Waals surface area contributed by atoms with Gasteiger partial charge in [0.25, 0.3) is 0 Å². The van der Waals surface area contributed by atoms with Crippen LogP contribution in [-0.2, 0) is 0 Å². The lowest BCUT2D eigenvalue weighted by atomic mass is 9.90. The van der Waals surface area contributed by atoms with Gasteiger partial charge in [-0.3, -0.25) is 0 Å². The molecule has 2 rings (SSSR count). The minimum atomic E-state index is -0.781. The molecule has 0 saturated carbocycles.